The van der Waals surface area contributed by atoms with Crippen molar-refractivity contribution in [3.8, 4) is 0 Å². The van der Waals surface area contributed by atoms with E-state index in [1.807, 2.05) is 49.4 Å². The second-order valence-electron chi connectivity index (χ2n) is 8.27. The van der Waals surface area contributed by atoms with Gasteiger partial charge in [0.2, 0.25) is 5.91 Å². The molecule has 1 fully saturated rings. The van der Waals surface area contributed by atoms with Crippen molar-refractivity contribution in [3.63, 3.8) is 0 Å². The van der Waals surface area contributed by atoms with Gasteiger partial charge in [-0.25, -0.2) is 4.99 Å². The van der Waals surface area contributed by atoms with Gasteiger partial charge < -0.3 is 20.3 Å². The second-order valence-corrected chi connectivity index (χ2v) is 8.27. The molecule has 0 radical (unpaired) electrons. The number of halogens is 1. The maximum absolute atomic E-state index is 11.9. The van der Waals surface area contributed by atoms with Crippen molar-refractivity contribution in [3.05, 3.63) is 65.7 Å². The highest BCUT2D eigenvalue weighted by atomic mass is 127. The molecule has 7 heteroatoms. The Morgan fingerprint density at radius 3 is 2.67 bits per heavy atom. The van der Waals surface area contributed by atoms with Crippen LogP contribution in [0, 0.1) is 5.92 Å². The number of ether oxygens (including phenoxy) is 1. The summed E-state index contributed by atoms with van der Waals surface area (Å²) in [6, 6.07) is 18.3. The van der Waals surface area contributed by atoms with E-state index in [9.17, 15) is 4.79 Å². The van der Waals surface area contributed by atoms with Crippen LogP contribution in [-0.4, -0.2) is 43.0 Å². The second kappa shape index (κ2) is 14.9. The number of amides is 1. The summed E-state index contributed by atoms with van der Waals surface area (Å²) in [5.74, 6) is 1.51. The molecule has 180 valence electrons. The molecule has 33 heavy (non-hydrogen) atoms. The Balaban J connectivity index is 0.00000385. The summed E-state index contributed by atoms with van der Waals surface area (Å²) < 4.78 is 5.96. The molecule has 0 bridgehead atoms. The molecule has 3 rings (SSSR count). The molecule has 2 aromatic rings. The molecule has 1 heterocycles. The Morgan fingerprint density at radius 2 is 1.91 bits per heavy atom. The average Bonchev–Trinajstić information content (AvgIpc) is 3.26. The normalized spacial score (nSPS) is 15.8. The lowest BCUT2D eigenvalue weighted by molar-refractivity contribution is -0.116. The number of likely N-dealkylation sites (tertiary alicyclic amines) is 1. The largest absolute Gasteiger partial charge is 0.376 e. The first-order valence-corrected chi connectivity index (χ1v) is 11.7. The molecule has 1 unspecified atom stereocenters. The van der Waals surface area contributed by atoms with Gasteiger partial charge in [0, 0.05) is 37.7 Å². The molecule has 2 N–H and O–H groups in total. The Hall–Kier alpha value is -2.13. The van der Waals surface area contributed by atoms with Crippen molar-refractivity contribution in [1.82, 2.24) is 10.2 Å². The average molecular weight is 565 g/mol. The maximum atomic E-state index is 11.9. The van der Waals surface area contributed by atoms with Crippen molar-refractivity contribution in [2.24, 2.45) is 10.9 Å². The first kappa shape index (κ1) is 27.1. The molecule has 0 aromatic heterocycles. The highest BCUT2D eigenvalue weighted by Gasteiger charge is 2.25. The van der Waals surface area contributed by atoms with Gasteiger partial charge in [0.15, 0.2) is 5.96 Å². The van der Waals surface area contributed by atoms with E-state index >= 15 is 0 Å². The van der Waals surface area contributed by atoms with Crippen LogP contribution in [0.5, 0.6) is 0 Å². The number of guanidine groups is 1. The lowest BCUT2D eigenvalue weighted by atomic mass is 10.1. The van der Waals surface area contributed by atoms with Crippen LogP contribution in [0.4, 0.5) is 5.69 Å². The van der Waals surface area contributed by atoms with E-state index in [1.165, 1.54) is 5.56 Å². The van der Waals surface area contributed by atoms with E-state index in [-0.39, 0.29) is 29.9 Å². The summed E-state index contributed by atoms with van der Waals surface area (Å²) in [5, 5.41) is 6.39. The van der Waals surface area contributed by atoms with Crippen molar-refractivity contribution in [2.75, 3.05) is 31.6 Å². The lowest BCUT2D eigenvalue weighted by Crippen LogP contribution is -2.40. The van der Waals surface area contributed by atoms with Crippen LogP contribution in [0.15, 0.2) is 59.6 Å². The molecular weight excluding hydrogens is 527 g/mol. The summed E-state index contributed by atoms with van der Waals surface area (Å²) in [4.78, 5) is 19.1. The molecule has 0 saturated carbocycles. The predicted molar refractivity (Wildman–Crippen MR) is 146 cm³/mol. The van der Waals surface area contributed by atoms with E-state index in [1.54, 1.807) is 0 Å². The number of carbonyl (C=O) groups excluding carboxylic acids is 1. The van der Waals surface area contributed by atoms with Gasteiger partial charge >= 0.3 is 0 Å². The lowest BCUT2D eigenvalue weighted by Gasteiger charge is -2.22. The number of anilines is 1. The minimum atomic E-state index is 0. The van der Waals surface area contributed by atoms with E-state index < -0.39 is 0 Å². The highest BCUT2D eigenvalue weighted by molar-refractivity contribution is 14.0. The Bertz CT molecular complexity index is 876. The fraction of sp³-hybridized carbons (Fsp3) is 0.462. The van der Waals surface area contributed by atoms with Gasteiger partial charge in [0.1, 0.15) is 0 Å². The monoisotopic (exact) mass is 564 g/mol. The molecular formula is C26H37IN4O2. The van der Waals surface area contributed by atoms with Crippen LogP contribution in [0.25, 0.3) is 0 Å². The molecule has 0 aliphatic carbocycles. The third kappa shape index (κ3) is 9.33. The molecule has 1 amide bonds. The minimum Gasteiger partial charge on any atom is -0.376 e. The number of hydrogen-bond acceptors (Lipinski definition) is 3. The molecule has 2 aromatic carbocycles. The van der Waals surface area contributed by atoms with E-state index in [4.69, 9.17) is 9.73 Å². The fourth-order valence-electron chi connectivity index (χ4n) is 3.87. The smallest absolute Gasteiger partial charge is 0.224 e. The van der Waals surface area contributed by atoms with Crippen molar-refractivity contribution < 1.29 is 9.53 Å². The Kier molecular flexibility index (Phi) is 12.2. The van der Waals surface area contributed by atoms with Crippen molar-refractivity contribution >= 4 is 41.5 Å². The van der Waals surface area contributed by atoms with Gasteiger partial charge in [-0.05, 0) is 43.0 Å². The van der Waals surface area contributed by atoms with Crippen LogP contribution in [0.3, 0.4) is 0 Å². The zero-order valence-electron chi connectivity index (χ0n) is 19.8. The number of aliphatic imine (C=N–C) groups is 1. The number of nitrogens with one attached hydrogen (secondary N) is 2. The Labute approximate surface area is 215 Å². The van der Waals surface area contributed by atoms with E-state index in [2.05, 4.69) is 34.6 Å². The van der Waals surface area contributed by atoms with E-state index in [0.717, 1.165) is 56.3 Å². The third-order valence-corrected chi connectivity index (χ3v) is 5.48. The van der Waals surface area contributed by atoms with Gasteiger partial charge in [-0.15, -0.1) is 24.0 Å². The zero-order chi connectivity index (χ0) is 22.6. The standard InChI is InChI=1S/C26H36N4O2.HI/c1-3-9-25(31)29-24-13-8-12-22(16-24)17-28-26(27-4-2)30-15-14-23(18-30)20-32-19-21-10-6-5-7-11-21;/h5-8,10-13,16,23H,3-4,9,14-15,17-20H2,1-2H3,(H,27,28)(H,29,31);1H. The number of nitrogens with zero attached hydrogens (tertiary/aromatic N) is 2. The third-order valence-electron chi connectivity index (χ3n) is 5.48. The predicted octanol–water partition coefficient (Wildman–Crippen LogP) is 5.05. The summed E-state index contributed by atoms with van der Waals surface area (Å²) in [6.07, 6.45) is 2.49. The minimum absolute atomic E-state index is 0. The van der Waals surface area contributed by atoms with Gasteiger partial charge in [-0.2, -0.15) is 0 Å². The molecule has 6 nitrogen and oxygen atoms in total. The first-order valence-electron chi connectivity index (χ1n) is 11.7. The molecule has 1 aliphatic rings. The summed E-state index contributed by atoms with van der Waals surface area (Å²) in [5.41, 5.74) is 3.12. The number of carbonyl (C=O) groups is 1. The number of rotatable bonds is 10. The Morgan fingerprint density at radius 1 is 1.12 bits per heavy atom. The summed E-state index contributed by atoms with van der Waals surface area (Å²) >= 11 is 0. The number of hydrogen-bond donors (Lipinski definition) is 2. The van der Waals surface area contributed by atoms with Crippen LogP contribution in [-0.2, 0) is 22.7 Å². The highest BCUT2D eigenvalue weighted by Crippen LogP contribution is 2.18. The van der Waals surface area contributed by atoms with Crippen LogP contribution >= 0.6 is 24.0 Å². The maximum Gasteiger partial charge on any atom is 0.224 e. The van der Waals surface area contributed by atoms with E-state index in [0.29, 0.717) is 25.5 Å². The number of benzene rings is 2. The topological polar surface area (TPSA) is 66.0 Å². The SMILES string of the molecule is CCCC(=O)Nc1cccc(CN=C(NCC)N2CCC(COCc3ccccc3)C2)c1.I. The molecule has 1 saturated heterocycles. The van der Waals surface area contributed by atoms with Crippen LogP contribution in [0.2, 0.25) is 0 Å². The van der Waals surface area contributed by atoms with Crippen LogP contribution in [0.1, 0.15) is 44.2 Å². The van der Waals surface area contributed by atoms with Gasteiger partial charge in [-0.1, -0.05) is 49.4 Å². The van der Waals surface area contributed by atoms with Crippen LogP contribution < -0.4 is 10.6 Å². The molecule has 1 atom stereocenters. The zero-order valence-corrected chi connectivity index (χ0v) is 22.1. The van der Waals surface area contributed by atoms with Gasteiger partial charge in [0.25, 0.3) is 0 Å². The fourth-order valence-corrected chi connectivity index (χ4v) is 3.87. The molecule has 1 aliphatic heterocycles. The summed E-state index contributed by atoms with van der Waals surface area (Å²) in [6.45, 7) is 8.87. The van der Waals surface area contributed by atoms with Gasteiger partial charge in [-0.3, -0.25) is 4.79 Å². The quantitative estimate of drug-likeness (QED) is 0.241. The van der Waals surface area contributed by atoms with Crippen molar-refractivity contribution in [1.29, 1.82) is 0 Å². The van der Waals surface area contributed by atoms with Gasteiger partial charge in [0.05, 0.1) is 19.8 Å². The summed E-state index contributed by atoms with van der Waals surface area (Å²) in [7, 11) is 0. The first-order chi connectivity index (χ1) is 15.7. The van der Waals surface area contributed by atoms with Crippen molar-refractivity contribution in [2.45, 2.75) is 46.3 Å². The molecule has 0 spiro atoms.